The first kappa shape index (κ1) is 19.0. The van der Waals surface area contributed by atoms with Crippen molar-refractivity contribution in [2.45, 2.75) is 70.8 Å². The monoisotopic (exact) mass is 354 g/mol. The third kappa shape index (κ3) is 2.50. The Kier molecular flexibility index (Phi) is 5.07. The van der Waals surface area contributed by atoms with Crippen molar-refractivity contribution in [3.05, 3.63) is 11.1 Å². The van der Waals surface area contributed by atoms with E-state index in [-0.39, 0.29) is 46.0 Å². The van der Waals surface area contributed by atoms with E-state index in [0.717, 1.165) is 44.9 Å². The fourth-order valence-corrected chi connectivity index (χ4v) is 6.72. The topological polar surface area (TPSA) is 37.3 Å². The predicted molar refractivity (Wildman–Crippen MR) is 98.5 cm³/mol. The number of hydrogen-bond donors (Lipinski definition) is 1. The van der Waals surface area contributed by atoms with Crippen LogP contribution in [-0.4, -0.2) is 54.2 Å². The Bertz CT molecular complexity index is 640. The molecule has 0 bridgehead atoms. The molecule has 0 heterocycles. The van der Waals surface area contributed by atoms with E-state index in [4.69, 9.17) is 6.42 Å². The van der Waals surface area contributed by atoms with E-state index in [2.05, 4.69) is 19.8 Å². The standard InChI is InChI=1S/C21H28O2.Ca.2H/c1-4-21(23)10-8-18-19-13(2)11-14-12-15(22)5-6-16(14)17(19)7-9-20(18,21)3;;;/h1,13,17-19,23H,5-12H2,2-3H3;;;/q;+2;2*-1/t13-,17-,18+,19-,20+,21+;;;/m1.../s1. The summed E-state index contributed by atoms with van der Waals surface area (Å²) in [6.07, 6.45) is 13.2. The molecular weight excluding hydrogens is 324 g/mol. The maximum Gasteiger partial charge on any atom is 2.00 e. The van der Waals surface area contributed by atoms with Gasteiger partial charge in [-0.05, 0) is 62.2 Å². The first-order valence-electron chi connectivity index (χ1n) is 9.32. The largest absolute Gasteiger partial charge is 2.00 e. The number of terminal acetylenes is 1. The van der Waals surface area contributed by atoms with Gasteiger partial charge in [-0.15, -0.1) is 6.42 Å². The minimum Gasteiger partial charge on any atom is -1.00 e. The van der Waals surface area contributed by atoms with Gasteiger partial charge in [-0.2, -0.15) is 0 Å². The zero-order chi connectivity index (χ0) is 16.4. The molecule has 1 N–H and O–H groups in total. The number of rotatable bonds is 0. The van der Waals surface area contributed by atoms with Crippen LogP contribution in [0.15, 0.2) is 11.1 Å². The first-order valence-corrected chi connectivity index (χ1v) is 9.32. The maximum absolute atomic E-state index is 11.9. The van der Waals surface area contributed by atoms with Crippen LogP contribution in [0.3, 0.4) is 0 Å². The van der Waals surface area contributed by atoms with E-state index in [0.29, 0.717) is 35.9 Å². The molecule has 0 radical (unpaired) electrons. The Morgan fingerprint density at radius 2 is 2.04 bits per heavy atom. The van der Waals surface area contributed by atoms with Crippen molar-refractivity contribution in [3.63, 3.8) is 0 Å². The Balaban J connectivity index is 0.00000113. The summed E-state index contributed by atoms with van der Waals surface area (Å²) in [6.45, 7) is 4.60. The summed E-state index contributed by atoms with van der Waals surface area (Å²) in [7, 11) is 0. The smallest absolute Gasteiger partial charge is 1.00 e. The van der Waals surface area contributed by atoms with Crippen LogP contribution in [0.1, 0.15) is 68.1 Å². The SMILES string of the molecule is C#C[C@]1(O)CC[C@H]2[C@@H]3[C@H](C)CC4=C(CCC(=O)C4)[C@H]3CC[C@@]21C.[Ca+2].[H-].[H-]. The first-order chi connectivity index (χ1) is 10.9. The molecule has 0 spiro atoms. The summed E-state index contributed by atoms with van der Waals surface area (Å²) in [5.74, 6) is 5.60. The van der Waals surface area contributed by atoms with Crippen molar-refractivity contribution < 1.29 is 12.8 Å². The van der Waals surface area contributed by atoms with Gasteiger partial charge in [0.25, 0.3) is 0 Å². The van der Waals surface area contributed by atoms with Gasteiger partial charge in [0.2, 0.25) is 0 Å². The van der Waals surface area contributed by atoms with Gasteiger partial charge in [0, 0.05) is 18.3 Å². The number of allylic oxidation sites excluding steroid dienone is 2. The molecule has 2 fully saturated rings. The molecule has 0 amide bonds. The summed E-state index contributed by atoms with van der Waals surface area (Å²) in [5.41, 5.74) is 2.04. The summed E-state index contributed by atoms with van der Waals surface area (Å²) in [4.78, 5) is 11.9. The zero-order valence-corrected chi connectivity index (χ0v) is 17.3. The van der Waals surface area contributed by atoms with Crippen LogP contribution in [0, 0.1) is 41.4 Å². The third-order valence-corrected chi connectivity index (χ3v) is 7.93. The second-order valence-electron chi connectivity index (χ2n) is 8.82. The van der Waals surface area contributed by atoms with Crippen LogP contribution >= 0.6 is 0 Å². The normalized spacial score (nSPS) is 47.2. The van der Waals surface area contributed by atoms with E-state index in [1.165, 1.54) is 5.57 Å². The summed E-state index contributed by atoms with van der Waals surface area (Å²) >= 11 is 0. The second kappa shape index (κ2) is 6.41. The molecule has 0 aromatic heterocycles. The van der Waals surface area contributed by atoms with Crippen LogP contribution < -0.4 is 0 Å². The third-order valence-electron chi connectivity index (χ3n) is 7.93. The van der Waals surface area contributed by atoms with E-state index >= 15 is 0 Å². The minimum absolute atomic E-state index is 0. The molecule has 24 heavy (non-hydrogen) atoms. The number of carbonyl (C=O) groups is 1. The van der Waals surface area contributed by atoms with Crippen LogP contribution in [0.25, 0.3) is 0 Å². The molecule has 2 nitrogen and oxygen atoms in total. The molecule has 4 rings (SSSR count). The van der Waals surface area contributed by atoms with Gasteiger partial charge in [-0.1, -0.05) is 30.9 Å². The maximum atomic E-state index is 11.9. The van der Waals surface area contributed by atoms with Gasteiger partial charge in [0.15, 0.2) is 0 Å². The average Bonchev–Trinajstić information content (AvgIpc) is 2.79. The van der Waals surface area contributed by atoms with Gasteiger partial charge < -0.3 is 7.96 Å². The molecule has 0 aliphatic heterocycles. The van der Waals surface area contributed by atoms with Crippen molar-refractivity contribution in [1.82, 2.24) is 0 Å². The van der Waals surface area contributed by atoms with Crippen LogP contribution in [0.5, 0.6) is 0 Å². The van der Waals surface area contributed by atoms with Crippen LogP contribution in [-0.2, 0) is 4.79 Å². The Morgan fingerprint density at radius 1 is 1.29 bits per heavy atom. The van der Waals surface area contributed by atoms with Crippen LogP contribution in [0.2, 0.25) is 0 Å². The summed E-state index contributed by atoms with van der Waals surface area (Å²) in [5, 5.41) is 11.0. The fourth-order valence-electron chi connectivity index (χ4n) is 6.72. The van der Waals surface area contributed by atoms with Crippen molar-refractivity contribution >= 4 is 43.5 Å². The van der Waals surface area contributed by atoms with Gasteiger partial charge in [-0.25, -0.2) is 0 Å². The molecular formula is C21H30CaO2. The average molecular weight is 355 g/mol. The van der Waals surface area contributed by atoms with Crippen molar-refractivity contribution in [3.8, 4) is 12.3 Å². The van der Waals surface area contributed by atoms with Crippen molar-refractivity contribution in [2.75, 3.05) is 0 Å². The van der Waals surface area contributed by atoms with Gasteiger partial charge >= 0.3 is 37.7 Å². The summed E-state index contributed by atoms with van der Waals surface area (Å²) < 4.78 is 0. The molecule has 4 aliphatic rings. The van der Waals surface area contributed by atoms with E-state index in [1.54, 1.807) is 5.57 Å². The number of carbonyl (C=O) groups excluding carboxylic acids is 1. The number of aliphatic hydroxyl groups is 1. The molecule has 0 aromatic carbocycles. The second-order valence-corrected chi connectivity index (χ2v) is 8.82. The van der Waals surface area contributed by atoms with Gasteiger partial charge in [0.1, 0.15) is 11.4 Å². The van der Waals surface area contributed by atoms with Gasteiger partial charge in [-0.3, -0.25) is 4.79 Å². The quantitative estimate of drug-likeness (QED) is 0.409. The Morgan fingerprint density at radius 3 is 2.75 bits per heavy atom. The fraction of sp³-hybridized carbons (Fsp3) is 0.762. The van der Waals surface area contributed by atoms with E-state index < -0.39 is 5.60 Å². The molecule has 0 aromatic rings. The predicted octanol–water partition coefficient (Wildman–Crippen LogP) is 3.73. The number of hydrogen-bond acceptors (Lipinski definition) is 2. The molecule has 0 saturated heterocycles. The number of Topliss-reactive ketones (excluding diaryl/α,β-unsaturated/α-hetero) is 1. The van der Waals surface area contributed by atoms with Crippen molar-refractivity contribution in [1.29, 1.82) is 0 Å². The Hall–Kier alpha value is 0.190. The minimum atomic E-state index is -0.917. The van der Waals surface area contributed by atoms with Crippen LogP contribution in [0.4, 0.5) is 0 Å². The van der Waals surface area contributed by atoms with E-state index in [9.17, 15) is 9.90 Å². The molecule has 4 aliphatic carbocycles. The number of ketones is 1. The molecule has 0 unspecified atom stereocenters. The number of fused-ring (bicyclic) bond motifs is 4. The molecule has 2 saturated carbocycles. The molecule has 128 valence electrons. The molecule has 3 heteroatoms. The molecule has 6 atom stereocenters. The zero-order valence-electron chi connectivity index (χ0n) is 17.1. The van der Waals surface area contributed by atoms with E-state index in [1.807, 2.05) is 0 Å². The Labute approximate surface area is 178 Å². The van der Waals surface area contributed by atoms with Crippen molar-refractivity contribution in [2.24, 2.45) is 29.1 Å². The summed E-state index contributed by atoms with van der Waals surface area (Å²) in [6, 6.07) is 0. The van der Waals surface area contributed by atoms with Gasteiger partial charge in [0.05, 0.1) is 0 Å².